The van der Waals surface area contributed by atoms with Crippen molar-refractivity contribution in [2.24, 2.45) is 0 Å². The first kappa shape index (κ1) is 16.6. The van der Waals surface area contributed by atoms with E-state index in [9.17, 15) is 14.5 Å². The van der Waals surface area contributed by atoms with E-state index in [4.69, 9.17) is 9.05 Å². The van der Waals surface area contributed by atoms with Gasteiger partial charge in [-0.2, -0.15) is 0 Å². The van der Waals surface area contributed by atoms with Crippen molar-refractivity contribution in [2.75, 3.05) is 19.4 Å². The van der Waals surface area contributed by atoms with E-state index < -0.39 is 7.60 Å². The molecule has 1 aliphatic carbocycles. The van der Waals surface area contributed by atoms with E-state index in [1.165, 1.54) is 0 Å². The van der Waals surface area contributed by atoms with Crippen LogP contribution in [-0.4, -0.2) is 42.5 Å². The van der Waals surface area contributed by atoms with Crippen molar-refractivity contribution in [1.29, 1.82) is 0 Å². The molecule has 19 heavy (non-hydrogen) atoms. The molecule has 112 valence electrons. The van der Waals surface area contributed by atoms with Crippen molar-refractivity contribution in [1.82, 2.24) is 5.32 Å². The highest BCUT2D eigenvalue weighted by atomic mass is 31.2. The first-order valence-corrected chi connectivity index (χ1v) is 8.57. The third-order valence-electron chi connectivity index (χ3n) is 3.05. The molecule has 0 aromatic rings. The van der Waals surface area contributed by atoms with Gasteiger partial charge in [-0.3, -0.25) is 9.36 Å². The Bertz CT molecular complexity index is 318. The standard InChI is InChI=1S/C12H24NO5P/c1-3-17-19(16,18-4-2)9-12(15)13-10-5-7-11(14)8-6-10/h10-11,14H,3-9H2,1-2H3,(H,13,15). The van der Waals surface area contributed by atoms with Gasteiger partial charge >= 0.3 is 7.60 Å². The molecule has 7 heteroatoms. The Balaban J connectivity index is 2.42. The SMILES string of the molecule is CCOP(=O)(CC(=O)NC1CCC(O)CC1)OCC. The summed E-state index contributed by atoms with van der Waals surface area (Å²) in [5, 5.41) is 12.2. The fraction of sp³-hybridized carbons (Fsp3) is 0.917. The lowest BCUT2D eigenvalue weighted by atomic mass is 9.93. The third kappa shape index (κ3) is 6.04. The van der Waals surface area contributed by atoms with E-state index in [0.29, 0.717) is 12.8 Å². The molecule has 0 aromatic heterocycles. The van der Waals surface area contributed by atoms with Crippen molar-refractivity contribution in [2.45, 2.75) is 51.7 Å². The molecule has 1 amide bonds. The summed E-state index contributed by atoms with van der Waals surface area (Å²) in [6, 6.07) is 0.0487. The van der Waals surface area contributed by atoms with Gasteiger partial charge in [-0.15, -0.1) is 0 Å². The molecule has 0 aliphatic heterocycles. The van der Waals surface area contributed by atoms with Crippen LogP contribution in [0.4, 0.5) is 0 Å². The van der Waals surface area contributed by atoms with Crippen LogP contribution in [0.1, 0.15) is 39.5 Å². The lowest BCUT2D eigenvalue weighted by Gasteiger charge is -2.26. The number of carbonyl (C=O) groups is 1. The number of rotatable bonds is 7. The fourth-order valence-corrected chi connectivity index (χ4v) is 3.68. The van der Waals surface area contributed by atoms with Gasteiger partial charge in [-0.25, -0.2) is 0 Å². The molecule has 0 spiro atoms. The van der Waals surface area contributed by atoms with Crippen LogP contribution in [0.2, 0.25) is 0 Å². The summed E-state index contributed by atoms with van der Waals surface area (Å²) in [5.41, 5.74) is 0. The highest BCUT2D eigenvalue weighted by molar-refractivity contribution is 7.54. The second kappa shape index (κ2) is 8.00. The van der Waals surface area contributed by atoms with Gasteiger partial charge in [0.25, 0.3) is 0 Å². The molecule has 2 N–H and O–H groups in total. The summed E-state index contributed by atoms with van der Waals surface area (Å²) in [6.45, 7) is 3.93. The fourth-order valence-electron chi connectivity index (χ4n) is 2.19. The second-order valence-electron chi connectivity index (χ2n) is 4.68. The van der Waals surface area contributed by atoms with Crippen molar-refractivity contribution in [3.05, 3.63) is 0 Å². The van der Waals surface area contributed by atoms with Crippen LogP contribution in [0.25, 0.3) is 0 Å². The maximum Gasteiger partial charge on any atom is 0.340 e. The van der Waals surface area contributed by atoms with Gasteiger partial charge in [-0.1, -0.05) is 0 Å². The van der Waals surface area contributed by atoms with E-state index in [2.05, 4.69) is 5.32 Å². The summed E-state index contributed by atoms with van der Waals surface area (Å²) in [6.07, 6.45) is 2.39. The molecule has 6 nitrogen and oxygen atoms in total. The van der Waals surface area contributed by atoms with E-state index in [1.54, 1.807) is 13.8 Å². The molecular formula is C12H24NO5P. The number of amides is 1. The van der Waals surface area contributed by atoms with E-state index >= 15 is 0 Å². The van der Waals surface area contributed by atoms with E-state index in [0.717, 1.165) is 12.8 Å². The van der Waals surface area contributed by atoms with Gasteiger partial charge in [0.2, 0.25) is 5.91 Å². The maximum atomic E-state index is 12.2. The predicted molar refractivity (Wildman–Crippen MR) is 72.1 cm³/mol. The summed E-state index contributed by atoms with van der Waals surface area (Å²) in [4.78, 5) is 11.9. The minimum Gasteiger partial charge on any atom is -0.393 e. The minimum atomic E-state index is -3.32. The molecule has 0 bridgehead atoms. The lowest BCUT2D eigenvalue weighted by molar-refractivity contribution is -0.120. The molecule has 1 rings (SSSR count). The topological polar surface area (TPSA) is 84.9 Å². The molecule has 0 saturated heterocycles. The van der Waals surface area contributed by atoms with Crippen molar-refractivity contribution >= 4 is 13.5 Å². The average molecular weight is 293 g/mol. The second-order valence-corrected chi connectivity index (χ2v) is 6.73. The quantitative estimate of drug-likeness (QED) is 0.697. The molecule has 1 saturated carbocycles. The predicted octanol–water partition coefficient (Wildman–Crippen LogP) is 1.67. The summed E-state index contributed by atoms with van der Waals surface area (Å²) < 4.78 is 22.3. The first-order valence-electron chi connectivity index (χ1n) is 6.84. The number of hydrogen-bond acceptors (Lipinski definition) is 5. The number of nitrogens with one attached hydrogen (secondary N) is 1. The zero-order valence-corrected chi connectivity index (χ0v) is 12.5. The lowest BCUT2D eigenvalue weighted by Crippen LogP contribution is -2.40. The molecule has 0 aromatic carbocycles. The Labute approximate surface area is 114 Å². The highest BCUT2D eigenvalue weighted by Crippen LogP contribution is 2.47. The molecule has 0 heterocycles. The Morgan fingerprint density at radius 1 is 1.21 bits per heavy atom. The van der Waals surface area contributed by atoms with Crippen LogP contribution in [0.5, 0.6) is 0 Å². The van der Waals surface area contributed by atoms with Crippen LogP contribution in [0.15, 0.2) is 0 Å². The van der Waals surface area contributed by atoms with Crippen LogP contribution < -0.4 is 5.32 Å². The zero-order chi connectivity index (χ0) is 14.3. The van der Waals surface area contributed by atoms with Gasteiger partial charge in [0.1, 0.15) is 6.16 Å². The summed E-state index contributed by atoms with van der Waals surface area (Å²) in [7, 11) is -3.32. The van der Waals surface area contributed by atoms with Crippen LogP contribution in [0, 0.1) is 0 Å². The van der Waals surface area contributed by atoms with Crippen molar-refractivity contribution in [3.8, 4) is 0 Å². The average Bonchev–Trinajstić information content (AvgIpc) is 2.32. The maximum absolute atomic E-state index is 12.2. The van der Waals surface area contributed by atoms with E-state index in [1.807, 2.05) is 0 Å². The first-order chi connectivity index (χ1) is 8.99. The van der Waals surface area contributed by atoms with Crippen LogP contribution in [-0.2, 0) is 18.4 Å². The Kier molecular flexibility index (Phi) is 7.00. The number of carbonyl (C=O) groups excluding carboxylic acids is 1. The molecule has 0 atom stereocenters. The molecular weight excluding hydrogens is 269 g/mol. The number of hydrogen-bond donors (Lipinski definition) is 2. The number of aliphatic hydroxyl groups excluding tert-OH is 1. The Hall–Kier alpha value is -0.420. The van der Waals surface area contributed by atoms with Gasteiger partial charge in [-0.05, 0) is 39.5 Å². The van der Waals surface area contributed by atoms with Crippen LogP contribution in [0.3, 0.4) is 0 Å². The Morgan fingerprint density at radius 3 is 2.21 bits per heavy atom. The third-order valence-corrected chi connectivity index (χ3v) is 5.03. The van der Waals surface area contributed by atoms with Crippen LogP contribution >= 0.6 is 7.60 Å². The van der Waals surface area contributed by atoms with Gasteiger partial charge in [0.15, 0.2) is 0 Å². The Morgan fingerprint density at radius 2 is 1.74 bits per heavy atom. The smallest absolute Gasteiger partial charge is 0.340 e. The largest absolute Gasteiger partial charge is 0.393 e. The normalized spacial score (nSPS) is 24.2. The van der Waals surface area contributed by atoms with E-state index in [-0.39, 0.29) is 37.4 Å². The molecule has 1 fully saturated rings. The molecule has 0 unspecified atom stereocenters. The molecule has 0 radical (unpaired) electrons. The highest BCUT2D eigenvalue weighted by Gasteiger charge is 2.29. The van der Waals surface area contributed by atoms with Crippen molar-refractivity contribution in [3.63, 3.8) is 0 Å². The van der Waals surface area contributed by atoms with Gasteiger partial charge in [0.05, 0.1) is 19.3 Å². The monoisotopic (exact) mass is 293 g/mol. The van der Waals surface area contributed by atoms with Gasteiger partial charge < -0.3 is 19.5 Å². The zero-order valence-electron chi connectivity index (χ0n) is 11.6. The van der Waals surface area contributed by atoms with Crippen molar-refractivity contribution < 1.29 is 23.5 Å². The van der Waals surface area contributed by atoms with Gasteiger partial charge in [0, 0.05) is 6.04 Å². The molecule has 1 aliphatic rings. The minimum absolute atomic E-state index is 0.0487. The number of aliphatic hydroxyl groups is 1. The summed E-state index contributed by atoms with van der Waals surface area (Å²) >= 11 is 0. The summed E-state index contributed by atoms with van der Waals surface area (Å²) in [5.74, 6) is -0.313.